The zero-order valence-corrected chi connectivity index (χ0v) is 15.2. The number of halogens is 1. The van der Waals surface area contributed by atoms with Gasteiger partial charge in [-0.3, -0.25) is 9.58 Å². The molecule has 0 unspecified atom stereocenters. The Morgan fingerprint density at radius 3 is 2.58 bits per heavy atom. The van der Waals surface area contributed by atoms with Crippen molar-refractivity contribution in [2.45, 2.75) is 18.4 Å². The summed E-state index contributed by atoms with van der Waals surface area (Å²) in [5.74, 6) is 0. The van der Waals surface area contributed by atoms with Crippen LogP contribution in [0.3, 0.4) is 0 Å². The van der Waals surface area contributed by atoms with Crippen LogP contribution in [0, 0.1) is 6.92 Å². The van der Waals surface area contributed by atoms with Crippen LogP contribution in [0.4, 0.5) is 0 Å². The van der Waals surface area contributed by atoms with Gasteiger partial charge in [0.25, 0.3) is 0 Å². The molecule has 0 N–H and O–H groups in total. The van der Waals surface area contributed by atoms with E-state index in [-0.39, 0.29) is 0 Å². The lowest BCUT2D eigenvalue weighted by molar-refractivity contribution is 0.181. The minimum Gasteiger partial charge on any atom is -0.299 e. The van der Waals surface area contributed by atoms with Crippen LogP contribution in [0.25, 0.3) is 0 Å². The summed E-state index contributed by atoms with van der Waals surface area (Å²) >= 11 is 5.98. The maximum absolute atomic E-state index is 12.8. The quantitative estimate of drug-likeness (QED) is 0.808. The first kappa shape index (κ1) is 17.4. The third kappa shape index (κ3) is 3.80. The molecule has 1 aliphatic rings. The second kappa shape index (κ2) is 7.23. The first-order valence-electron chi connectivity index (χ1n) is 7.93. The summed E-state index contributed by atoms with van der Waals surface area (Å²) in [6.45, 7) is 5.91. The van der Waals surface area contributed by atoms with Crippen molar-refractivity contribution >= 4 is 21.6 Å². The molecule has 0 bridgehead atoms. The fraction of sp³-hybridized carbons (Fsp3) is 0.438. The lowest BCUT2D eigenvalue weighted by Gasteiger charge is -2.34. The molecule has 1 saturated heterocycles. The minimum atomic E-state index is -3.49. The third-order valence-electron chi connectivity index (χ3n) is 4.30. The molecular formula is C16H21ClN4O2S. The summed E-state index contributed by atoms with van der Waals surface area (Å²) in [5.41, 5.74) is 0.723. The number of sulfonamides is 1. The maximum Gasteiger partial charge on any atom is 0.243 e. The molecule has 0 saturated carbocycles. The standard InChI is InChI=1S/C16H21ClN4O2S/c1-14-3-4-15(17)13-16(14)24(22,23)21-11-8-19(9-12-21)7-10-20-6-2-5-18-20/h2-6,13H,7-12H2,1H3. The van der Waals surface area contributed by atoms with Crippen molar-refractivity contribution < 1.29 is 8.42 Å². The van der Waals surface area contributed by atoms with E-state index in [1.165, 1.54) is 6.07 Å². The summed E-state index contributed by atoms with van der Waals surface area (Å²) in [5, 5.41) is 4.63. The number of nitrogens with zero attached hydrogens (tertiary/aromatic N) is 4. The number of piperazine rings is 1. The Hall–Kier alpha value is -1.41. The zero-order chi connectivity index (χ0) is 17.2. The molecule has 0 amide bonds. The molecule has 8 heteroatoms. The van der Waals surface area contributed by atoms with Gasteiger partial charge >= 0.3 is 0 Å². The van der Waals surface area contributed by atoms with Gasteiger partial charge in [0.2, 0.25) is 10.0 Å². The normalized spacial score (nSPS) is 17.2. The van der Waals surface area contributed by atoms with Crippen LogP contribution in [0.1, 0.15) is 5.56 Å². The molecule has 1 fully saturated rings. The van der Waals surface area contributed by atoms with E-state index in [2.05, 4.69) is 10.00 Å². The van der Waals surface area contributed by atoms with E-state index < -0.39 is 10.0 Å². The van der Waals surface area contributed by atoms with E-state index in [0.717, 1.165) is 31.7 Å². The average Bonchev–Trinajstić information content (AvgIpc) is 3.09. The number of rotatable bonds is 5. The van der Waals surface area contributed by atoms with E-state index in [1.807, 2.05) is 16.9 Å². The summed E-state index contributed by atoms with van der Waals surface area (Å²) in [7, 11) is -3.49. The molecular weight excluding hydrogens is 348 g/mol. The predicted molar refractivity (Wildman–Crippen MR) is 93.6 cm³/mol. The second-order valence-electron chi connectivity index (χ2n) is 5.92. The van der Waals surface area contributed by atoms with Gasteiger partial charge in [-0.1, -0.05) is 17.7 Å². The third-order valence-corrected chi connectivity index (χ3v) is 6.58. The van der Waals surface area contributed by atoms with Crippen molar-refractivity contribution in [3.63, 3.8) is 0 Å². The topological polar surface area (TPSA) is 58.4 Å². The molecule has 0 aliphatic carbocycles. The van der Waals surface area contributed by atoms with Crippen LogP contribution >= 0.6 is 11.6 Å². The maximum atomic E-state index is 12.8. The molecule has 2 aromatic rings. The Kier molecular flexibility index (Phi) is 5.24. The highest BCUT2D eigenvalue weighted by Gasteiger charge is 2.29. The van der Waals surface area contributed by atoms with E-state index in [4.69, 9.17) is 11.6 Å². The molecule has 0 spiro atoms. The smallest absolute Gasteiger partial charge is 0.243 e. The number of hydrogen-bond acceptors (Lipinski definition) is 4. The summed E-state index contributed by atoms with van der Waals surface area (Å²) in [4.78, 5) is 2.57. The van der Waals surface area contributed by atoms with E-state index in [0.29, 0.717) is 23.0 Å². The fourth-order valence-electron chi connectivity index (χ4n) is 2.86. The van der Waals surface area contributed by atoms with Crippen LogP contribution in [-0.4, -0.2) is 60.1 Å². The molecule has 1 aromatic heterocycles. The molecule has 1 aliphatic heterocycles. The predicted octanol–water partition coefficient (Wildman–Crippen LogP) is 1.85. The van der Waals surface area contributed by atoms with Gasteiger partial charge in [-0.05, 0) is 30.7 Å². The first-order valence-corrected chi connectivity index (χ1v) is 9.75. The lowest BCUT2D eigenvalue weighted by atomic mass is 10.2. The van der Waals surface area contributed by atoms with E-state index >= 15 is 0 Å². The Morgan fingerprint density at radius 1 is 1.17 bits per heavy atom. The van der Waals surface area contributed by atoms with Crippen molar-refractivity contribution in [3.8, 4) is 0 Å². The number of hydrogen-bond donors (Lipinski definition) is 0. The van der Waals surface area contributed by atoms with Gasteiger partial charge < -0.3 is 0 Å². The number of aryl methyl sites for hydroxylation is 1. The number of benzene rings is 1. The molecule has 3 rings (SSSR count). The highest BCUT2D eigenvalue weighted by atomic mass is 35.5. The first-order chi connectivity index (χ1) is 11.5. The van der Waals surface area contributed by atoms with Gasteiger partial charge in [-0.15, -0.1) is 0 Å². The van der Waals surface area contributed by atoms with Crippen LogP contribution in [0.5, 0.6) is 0 Å². The average molecular weight is 369 g/mol. The van der Waals surface area contributed by atoms with Gasteiger partial charge in [0.05, 0.1) is 11.4 Å². The summed E-state index contributed by atoms with van der Waals surface area (Å²) < 4.78 is 29.1. The highest BCUT2D eigenvalue weighted by molar-refractivity contribution is 7.89. The van der Waals surface area contributed by atoms with Gasteiger partial charge in [0.1, 0.15) is 0 Å². The summed E-state index contributed by atoms with van der Waals surface area (Å²) in [6.07, 6.45) is 3.69. The Labute approximate surface area is 147 Å². The molecule has 24 heavy (non-hydrogen) atoms. The van der Waals surface area contributed by atoms with Gasteiger partial charge in [0, 0.05) is 50.1 Å². The Balaban J connectivity index is 1.62. The monoisotopic (exact) mass is 368 g/mol. The van der Waals surface area contributed by atoms with E-state index in [1.54, 1.807) is 29.6 Å². The van der Waals surface area contributed by atoms with Gasteiger partial charge in [-0.2, -0.15) is 9.40 Å². The van der Waals surface area contributed by atoms with Crippen LogP contribution in [0.2, 0.25) is 5.02 Å². The largest absolute Gasteiger partial charge is 0.299 e. The Bertz CT molecular complexity index is 784. The molecule has 0 radical (unpaired) electrons. The van der Waals surface area contributed by atoms with Crippen LogP contribution in [-0.2, 0) is 16.6 Å². The molecule has 0 atom stereocenters. The van der Waals surface area contributed by atoms with Crippen molar-refractivity contribution in [2.75, 3.05) is 32.7 Å². The van der Waals surface area contributed by atoms with Crippen LogP contribution in [0.15, 0.2) is 41.6 Å². The van der Waals surface area contributed by atoms with Gasteiger partial charge in [0.15, 0.2) is 0 Å². The molecule has 1 aromatic carbocycles. The van der Waals surface area contributed by atoms with Crippen molar-refractivity contribution in [3.05, 3.63) is 47.2 Å². The van der Waals surface area contributed by atoms with Crippen molar-refractivity contribution in [1.82, 2.24) is 19.0 Å². The highest BCUT2D eigenvalue weighted by Crippen LogP contribution is 2.24. The minimum absolute atomic E-state index is 0.306. The Morgan fingerprint density at radius 2 is 1.92 bits per heavy atom. The molecule has 6 nitrogen and oxygen atoms in total. The second-order valence-corrected chi connectivity index (χ2v) is 8.27. The SMILES string of the molecule is Cc1ccc(Cl)cc1S(=O)(=O)N1CCN(CCn2cccn2)CC1. The van der Waals surface area contributed by atoms with Gasteiger partial charge in [-0.25, -0.2) is 8.42 Å². The molecule has 2 heterocycles. The summed E-state index contributed by atoms with van der Waals surface area (Å²) in [6, 6.07) is 6.90. The van der Waals surface area contributed by atoms with E-state index in [9.17, 15) is 8.42 Å². The lowest BCUT2D eigenvalue weighted by Crippen LogP contribution is -2.49. The van der Waals surface area contributed by atoms with Crippen molar-refractivity contribution in [2.24, 2.45) is 0 Å². The van der Waals surface area contributed by atoms with Crippen LogP contribution < -0.4 is 0 Å². The fourth-order valence-corrected chi connectivity index (χ4v) is 4.77. The molecule has 130 valence electrons. The number of aromatic nitrogens is 2. The zero-order valence-electron chi connectivity index (χ0n) is 13.6. The van der Waals surface area contributed by atoms with Crippen molar-refractivity contribution in [1.29, 1.82) is 0 Å².